The first-order valence-corrected chi connectivity index (χ1v) is 6.95. The summed E-state index contributed by atoms with van der Waals surface area (Å²) in [7, 11) is 0. The predicted octanol–water partition coefficient (Wildman–Crippen LogP) is 1.25. The van der Waals surface area contributed by atoms with Crippen molar-refractivity contribution in [3.8, 4) is 5.69 Å². The van der Waals surface area contributed by atoms with E-state index in [4.69, 9.17) is 5.11 Å². The van der Waals surface area contributed by atoms with Crippen molar-refractivity contribution in [3.05, 3.63) is 30.1 Å². The summed E-state index contributed by atoms with van der Waals surface area (Å²) < 4.78 is 1.54. The fraction of sp³-hybridized carbons (Fsp3) is 0.429. The minimum Gasteiger partial charge on any atom is -0.396 e. The van der Waals surface area contributed by atoms with E-state index in [1.807, 2.05) is 32.9 Å². The highest BCUT2D eigenvalue weighted by Crippen LogP contribution is 2.18. The van der Waals surface area contributed by atoms with Gasteiger partial charge in [0.1, 0.15) is 6.33 Å². The number of aliphatic hydroxyl groups excluding tert-OH is 1. The first kappa shape index (κ1) is 15.9. The molecule has 8 nitrogen and oxygen atoms in total. The first-order valence-electron chi connectivity index (χ1n) is 6.95. The largest absolute Gasteiger partial charge is 0.396 e. The van der Waals surface area contributed by atoms with Crippen LogP contribution >= 0.6 is 0 Å². The van der Waals surface area contributed by atoms with Crippen LogP contribution in [-0.2, 0) is 0 Å². The number of carbonyl (C=O) groups excluding carboxylic acids is 1. The molecule has 0 unspecified atom stereocenters. The number of nitrogens with zero attached hydrogens (tertiary/aromatic N) is 4. The zero-order valence-electron chi connectivity index (χ0n) is 12.9. The molecule has 0 aliphatic rings. The molecule has 0 bridgehead atoms. The minimum atomic E-state index is -0.484. The average Bonchev–Trinajstić information content (AvgIpc) is 2.93. The van der Waals surface area contributed by atoms with E-state index < -0.39 is 5.54 Å². The Bertz CT molecular complexity index is 639. The molecule has 22 heavy (non-hydrogen) atoms. The second-order valence-electron chi connectivity index (χ2n) is 5.69. The minimum absolute atomic E-state index is 0.0151. The highest BCUT2D eigenvalue weighted by Gasteiger charge is 2.19. The van der Waals surface area contributed by atoms with Gasteiger partial charge >= 0.3 is 6.03 Å². The number of amides is 2. The molecule has 0 spiro atoms. The van der Waals surface area contributed by atoms with E-state index in [1.165, 1.54) is 11.0 Å². The molecular formula is C14H20N6O2. The van der Waals surface area contributed by atoms with E-state index in [0.29, 0.717) is 12.1 Å². The molecule has 0 fully saturated rings. The maximum Gasteiger partial charge on any atom is 0.319 e. The van der Waals surface area contributed by atoms with Gasteiger partial charge in [-0.15, -0.1) is 5.10 Å². The van der Waals surface area contributed by atoms with Crippen LogP contribution in [0.5, 0.6) is 0 Å². The fourth-order valence-corrected chi connectivity index (χ4v) is 2.02. The first-order chi connectivity index (χ1) is 10.4. The fourth-order valence-electron chi connectivity index (χ4n) is 2.02. The summed E-state index contributed by atoms with van der Waals surface area (Å²) in [5.41, 5.74) is 1.92. The number of hydrogen-bond donors (Lipinski definition) is 3. The number of carbonyl (C=O) groups is 1. The zero-order chi connectivity index (χ0) is 16.2. The molecule has 1 heterocycles. The maximum absolute atomic E-state index is 12.0. The lowest BCUT2D eigenvalue weighted by atomic mass is 10.0. The number of rotatable bonds is 5. The third kappa shape index (κ3) is 4.01. The SMILES string of the molecule is Cc1ccc(NC(=O)NC(C)(C)CCO)cc1-n1cnnn1. The van der Waals surface area contributed by atoms with Crippen LogP contribution in [0.4, 0.5) is 10.5 Å². The Hall–Kier alpha value is -2.48. The predicted molar refractivity (Wildman–Crippen MR) is 81.8 cm³/mol. The number of tetrazole rings is 1. The van der Waals surface area contributed by atoms with Gasteiger partial charge in [0, 0.05) is 17.8 Å². The topological polar surface area (TPSA) is 105 Å². The zero-order valence-corrected chi connectivity index (χ0v) is 12.9. The maximum atomic E-state index is 12.0. The van der Waals surface area contributed by atoms with Crippen molar-refractivity contribution in [1.82, 2.24) is 25.5 Å². The van der Waals surface area contributed by atoms with Crippen molar-refractivity contribution in [3.63, 3.8) is 0 Å². The lowest BCUT2D eigenvalue weighted by Gasteiger charge is -2.25. The number of aromatic nitrogens is 4. The Morgan fingerprint density at radius 2 is 2.18 bits per heavy atom. The van der Waals surface area contributed by atoms with Crippen molar-refractivity contribution in [2.45, 2.75) is 32.7 Å². The molecule has 0 radical (unpaired) electrons. The van der Waals surface area contributed by atoms with Gasteiger partial charge in [-0.05, 0) is 55.3 Å². The van der Waals surface area contributed by atoms with Gasteiger partial charge in [0.15, 0.2) is 0 Å². The number of aryl methyl sites for hydroxylation is 1. The van der Waals surface area contributed by atoms with Crippen LogP contribution < -0.4 is 10.6 Å². The van der Waals surface area contributed by atoms with Gasteiger partial charge in [-0.3, -0.25) is 0 Å². The van der Waals surface area contributed by atoms with E-state index >= 15 is 0 Å². The van der Waals surface area contributed by atoms with Crippen molar-refractivity contribution in [1.29, 1.82) is 0 Å². The molecule has 0 aliphatic carbocycles. The van der Waals surface area contributed by atoms with E-state index in [9.17, 15) is 4.79 Å². The molecule has 0 atom stereocenters. The quantitative estimate of drug-likeness (QED) is 0.771. The van der Waals surface area contributed by atoms with Crippen LogP contribution in [0.1, 0.15) is 25.8 Å². The Balaban J connectivity index is 2.11. The molecule has 0 saturated heterocycles. The molecule has 2 aromatic rings. The number of anilines is 1. The van der Waals surface area contributed by atoms with Crippen molar-refractivity contribution in [2.75, 3.05) is 11.9 Å². The van der Waals surface area contributed by atoms with Crippen LogP contribution in [0, 0.1) is 6.92 Å². The third-order valence-electron chi connectivity index (χ3n) is 3.25. The van der Waals surface area contributed by atoms with Gasteiger partial charge in [-0.25, -0.2) is 9.48 Å². The highest BCUT2D eigenvalue weighted by atomic mass is 16.3. The summed E-state index contributed by atoms with van der Waals surface area (Å²) in [6, 6.07) is 5.16. The summed E-state index contributed by atoms with van der Waals surface area (Å²) in [6.07, 6.45) is 1.97. The van der Waals surface area contributed by atoms with Crippen molar-refractivity contribution < 1.29 is 9.90 Å². The number of aliphatic hydroxyl groups is 1. The average molecular weight is 304 g/mol. The van der Waals surface area contributed by atoms with E-state index in [1.54, 1.807) is 6.07 Å². The number of hydrogen-bond acceptors (Lipinski definition) is 5. The molecule has 0 saturated carbocycles. The summed E-state index contributed by atoms with van der Waals surface area (Å²) in [6.45, 7) is 5.65. The van der Waals surface area contributed by atoms with Gasteiger partial charge in [-0.2, -0.15) is 0 Å². The van der Waals surface area contributed by atoms with Crippen LogP contribution in [0.3, 0.4) is 0 Å². The summed E-state index contributed by atoms with van der Waals surface area (Å²) in [4.78, 5) is 12.0. The summed E-state index contributed by atoms with van der Waals surface area (Å²) >= 11 is 0. The highest BCUT2D eigenvalue weighted by molar-refractivity contribution is 5.90. The molecule has 8 heteroatoms. The Morgan fingerprint density at radius 1 is 1.41 bits per heavy atom. The van der Waals surface area contributed by atoms with Crippen LogP contribution in [0.25, 0.3) is 5.69 Å². The van der Waals surface area contributed by atoms with Crippen molar-refractivity contribution >= 4 is 11.7 Å². The lowest BCUT2D eigenvalue weighted by molar-refractivity contribution is 0.218. The second-order valence-corrected chi connectivity index (χ2v) is 5.69. The second kappa shape index (κ2) is 6.52. The van der Waals surface area contributed by atoms with Crippen LogP contribution in [-0.4, -0.2) is 43.5 Å². The molecule has 3 N–H and O–H groups in total. The van der Waals surface area contributed by atoms with Crippen LogP contribution in [0.2, 0.25) is 0 Å². The Morgan fingerprint density at radius 3 is 2.82 bits per heavy atom. The van der Waals surface area contributed by atoms with Gasteiger partial charge in [0.05, 0.1) is 5.69 Å². The van der Waals surface area contributed by atoms with Crippen molar-refractivity contribution in [2.24, 2.45) is 0 Å². The Kier molecular flexibility index (Phi) is 4.71. The number of nitrogens with one attached hydrogen (secondary N) is 2. The molecule has 2 rings (SSSR count). The summed E-state index contributed by atoms with van der Waals surface area (Å²) in [5, 5.41) is 25.6. The van der Waals surface area contributed by atoms with Gasteiger partial charge in [0.2, 0.25) is 0 Å². The normalized spacial score (nSPS) is 11.3. The third-order valence-corrected chi connectivity index (χ3v) is 3.25. The molecular weight excluding hydrogens is 284 g/mol. The Labute approximate surface area is 128 Å². The number of benzene rings is 1. The van der Waals surface area contributed by atoms with Crippen LogP contribution in [0.15, 0.2) is 24.5 Å². The standard InChI is InChI=1S/C14H20N6O2/c1-10-4-5-11(8-12(10)20-9-15-18-19-20)16-13(22)17-14(2,3)6-7-21/h4-5,8-9,21H,6-7H2,1-3H3,(H2,16,17,22). The van der Waals surface area contributed by atoms with Gasteiger partial charge < -0.3 is 15.7 Å². The van der Waals surface area contributed by atoms with Gasteiger partial charge in [-0.1, -0.05) is 6.07 Å². The molecule has 1 aromatic carbocycles. The smallest absolute Gasteiger partial charge is 0.319 e. The molecule has 0 aliphatic heterocycles. The van der Waals surface area contributed by atoms with Gasteiger partial charge in [0.25, 0.3) is 0 Å². The van der Waals surface area contributed by atoms with E-state index in [0.717, 1.165) is 11.3 Å². The number of urea groups is 1. The lowest BCUT2D eigenvalue weighted by Crippen LogP contribution is -2.46. The van der Waals surface area contributed by atoms with E-state index in [2.05, 4.69) is 26.2 Å². The molecule has 2 amide bonds. The molecule has 1 aromatic heterocycles. The van der Waals surface area contributed by atoms with E-state index in [-0.39, 0.29) is 12.6 Å². The summed E-state index contributed by atoms with van der Waals surface area (Å²) in [5.74, 6) is 0. The monoisotopic (exact) mass is 304 g/mol. The molecule has 118 valence electrons.